The maximum atomic E-state index is 12.2. The number of nitrogens with zero attached hydrogens (tertiary/aromatic N) is 1. The summed E-state index contributed by atoms with van der Waals surface area (Å²) in [5.41, 5.74) is 4.68. The first kappa shape index (κ1) is 24.1. The maximum absolute atomic E-state index is 12.2. The van der Waals surface area contributed by atoms with Crippen molar-refractivity contribution in [1.82, 2.24) is 15.3 Å². The minimum absolute atomic E-state index is 0.0465. The van der Waals surface area contributed by atoms with Gasteiger partial charge in [0.1, 0.15) is 11.5 Å². The number of hydrogen-bond donors (Lipinski definition) is 2. The van der Waals surface area contributed by atoms with Crippen LogP contribution in [0.3, 0.4) is 0 Å². The van der Waals surface area contributed by atoms with Crippen LogP contribution < -0.4 is 20.3 Å². The van der Waals surface area contributed by atoms with Crippen molar-refractivity contribution >= 4 is 21.8 Å². The number of nitrogens with one attached hydrogen (secondary N) is 2. The van der Waals surface area contributed by atoms with Gasteiger partial charge in [-0.15, -0.1) is 0 Å². The van der Waals surface area contributed by atoms with Gasteiger partial charge in [-0.3, -0.25) is 25.3 Å². The first-order valence-electron chi connectivity index (χ1n) is 9.31. The van der Waals surface area contributed by atoms with Gasteiger partial charge in [-0.1, -0.05) is 4.47 Å². The van der Waals surface area contributed by atoms with Crippen LogP contribution in [0.4, 0.5) is 0 Å². The number of rotatable bonds is 9. The van der Waals surface area contributed by atoms with Gasteiger partial charge in [0.05, 0.1) is 18.6 Å². The predicted octanol–water partition coefficient (Wildman–Crippen LogP) is 1.50. The molecule has 1 unspecified atom stereocenters. The van der Waals surface area contributed by atoms with Crippen molar-refractivity contribution in [2.24, 2.45) is 0 Å². The van der Waals surface area contributed by atoms with E-state index in [1.165, 1.54) is 45.3 Å². The van der Waals surface area contributed by atoms with E-state index in [1.807, 2.05) is 6.92 Å². The predicted molar refractivity (Wildman–Crippen MR) is 112 cm³/mol. The summed E-state index contributed by atoms with van der Waals surface area (Å²) in [4.78, 5) is 29.0. The smallest absolute Gasteiger partial charge is 0.279 e. The molecule has 0 saturated heterocycles. The second kappa shape index (κ2) is 10.8. The molecule has 0 spiro atoms. The van der Waals surface area contributed by atoms with Gasteiger partial charge in [-0.25, -0.2) is 8.42 Å². The molecule has 168 valence electrons. The van der Waals surface area contributed by atoms with Crippen molar-refractivity contribution in [1.29, 1.82) is 0 Å². The molecule has 2 aromatic carbocycles. The Morgan fingerprint density at radius 1 is 1.00 bits per heavy atom. The second-order valence-corrected chi connectivity index (χ2v) is 8.17. The summed E-state index contributed by atoms with van der Waals surface area (Å²) in [5.74, 6) is -0.0315. The molecule has 0 aliphatic heterocycles. The molecule has 2 rings (SSSR count). The van der Waals surface area contributed by atoms with E-state index in [1.54, 1.807) is 24.3 Å². The molecule has 2 amide bonds. The Kier molecular flexibility index (Phi) is 8.37. The van der Waals surface area contributed by atoms with Gasteiger partial charge >= 0.3 is 0 Å². The van der Waals surface area contributed by atoms with Gasteiger partial charge in [-0.05, 0) is 62.4 Å². The Hall–Kier alpha value is -3.15. The monoisotopic (exact) mass is 451 g/mol. The molecule has 10 nitrogen and oxygen atoms in total. The normalized spacial score (nSPS) is 12.2. The number of sulfonamides is 1. The Morgan fingerprint density at radius 3 is 2.13 bits per heavy atom. The fourth-order valence-corrected chi connectivity index (χ4v) is 3.33. The third-order valence-corrected chi connectivity index (χ3v) is 5.82. The number of ether oxygens (including phenoxy) is 2. The summed E-state index contributed by atoms with van der Waals surface area (Å²) >= 11 is 0. The number of benzene rings is 2. The first-order valence-corrected chi connectivity index (χ1v) is 10.8. The number of carbonyl (C=O) groups excluding carboxylic acids is 2. The highest BCUT2D eigenvalue weighted by atomic mass is 32.2. The summed E-state index contributed by atoms with van der Waals surface area (Å²) in [7, 11) is -1.34. The Labute approximate surface area is 181 Å². The molecular formula is C20H25N3O7S. The number of carbonyl (C=O) groups is 2. The largest absolute Gasteiger partial charge is 0.494 e. The van der Waals surface area contributed by atoms with Gasteiger partial charge < -0.3 is 9.47 Å². The van der Waals surface area contributed by atoms with Crippen LogP contribution in [0.25, 0.3) is 0 Å². The van der Waals surface area contributed by atoms with Crippen LogP contribution in [0.1, 0.15) is 24.2 Å². The molecule has 11 heteroatoms. The number of amides is 2. The van der Waals surface area contributed by atoms with Gasteiger partial charge in [0.25, 0.3) is 21.8 Å². The molecule has 31 heavy (non-hydrogen) atoms. The molecule has 2 aromatic rings. The van der Waals surface area contributed by atoms with Crippen molar-refractivity contribution in [3.63, 3.8) is 0 Å². The van der Waals surface area contributed by atoms with Crippen LogP contribution >= 0.6 is 0 Å². The topological polar surface area (TPSA) is 123 Å². The molecule has 0 fully saturated rings. The van der Waals surface area contributed by atoms with Crippen molar-refractivity contribution < 1.29 is 32.3 Å². The zero-order valence-corrected chi connectivity index (χ0v) is 18.4. The van der Waals surface area contributed by atoms with Crippen molar-refractivity contribution in [3.8, 4) is 11.5 Å². The lowest BCUT2D eigenvalue weighted by Crippen LogP contribution is -2.47. The highest BCUT2D eigenvalue weighted by Crippen LogP contribution is 2.18. The molecule has 0 saturated carbocycles. The molecule has 2 N–H and O–H groups in total. The van der Waals surface area contributed by atoms with E-state index >= 15 is 0 Å². The Morgan fingerprint density at radius 2 is 1.58 bits per heavy atom. The van der Waals surface area contributed by atoms with E-state index in [-0.39, 0.29) is 10.5 Å². The van der Waals surface area contributed by atoms with Crippen LogP contribution in [0.2, 0.25) is 0 Å². The fourth-order valence-electron chi connectivity index (χ4n) is 2.36. The quantitative estimate of drug-likeness (QED) is 0.554. The van der Waals surface area contributed by atoms with E-state index in [9.17, 15) is 18.0 Å². The average Bonchev–Trinajstić information content (AvgIpc) is 2.78. The van der Waals surface area contributed by atoms with E-state index in [4.69, 9.17) is 14.3 Å². The lowest BCUT2D eigenvalue weighted by atomic mass is 10.2. The second-order valence-electron chi connectivity index (χ2n) is 6.23. The third-order valence-electron chi connectivity index (χ3n) is 4.13. The summed E-state index contributed by atoms with van der Waals surface area (Å²) in [6.07, 6.45) is -0.879. The zero-order chi connectivity index (χ0) is 23.0. The average molecular weight is 452 g/mol. The zero-order valence-electron chi connectivity index (χ0n) is 17.6. The molecule has 0 aliphatic rings. The highest BCUT2D eigenvalue weighted by Gasteiger charge is 2.21. The van der Waals surface area contributed by atoms with Gasteiger partial charge in [0, 0.05) is 12.6 Å². The molecule has 0 aliphatic carbocycles. The van der Waals surface area contributed by atoms with Crippen molar-refractivity contribution in [2.75, 3.05) is 20.8 Å². The lowest BCUT2D eigenvalue weighted by molar-refractivity contribution is -0.128. The summed E-state index contributed by atoms with van der Waals surface area (Å²) in [6, 6.07) is 11.9. The molecule has 0 aromatic heterocycles. The summed E-state index contributed by atoms with van der Waals surface area (Å²) in [5, 5.41) is 0. The van der Waals surface area contributed by atoms with Gasteiger partial charge in [0.2, 0.25) is 0 Å². The van der Waals surface area contributed by atoms with E-state index in [0.29, 0.717) is 22.6 Å². The van der Waals surface area contributed by atoms with E-state index in [0.717, 1.165) is 0 Å². The van der Waals surface area contributed by atoms with Crippen molar-refractivity contribution in [2.45, 2.75) is 24.8 Å². The van der Waals surface area contributed by atoms with Crippen LogP contribution in [0.5, 0.6) is 11.5 Å². The van der Waals surface area contributed by atoms with E-state index in [2.05, 4.69) is 10.9 Å². The molecule has 1 atom stereocenters. The summed E-state index contributed by atoms with van der Waals surface area (Å²) < 4.78 is 35.9. The first-order chi connectivity index (χ1) is 14.7. The SMILES string of the molecule is CCOc1ccc(OC(C)C(=O)NNC(=O)c2ccc(S(=O)(=O)N(C)OC)cc2)cc1. The van der Waals surface area contributed by atoms with Crippen LogP contribution in [-0.2, 0) is 19.7 Å². The Bertz CT molecular complexity index is 992. The highest BCUT2D eigenvalue weighted by molar-refractivity contribution is 7.89. The molecule has 0 heterocycles. The van der Waals surface area contributed by atoms with Gasteiger partial charge in [-0.2, -0.15) is 0 Å². The number of hydrazine groups is 1. The molecule has 0 bridgehead atoms. The minimum atomic E-state index is -3.82. The maximum Gasteiger partial charge on any atom is 0.279 e. The van der Waals surface area contributed by atoms with Crippen LogP contribution in [0.15, 0.2) is 53.4 Å². The van der Waals surface area contributed by atoms with Crippen molar-refractivity contribution in [3.05, 3.63) is 54.1 Å². The summed E-state index contributed by atoms with van der Waals surface area (Å²) in [6.45, 7) is 3.95. The lowest BCUT2D eigenvalue weighted by Gasteiger charge is -2.16. The molecule has 0 radical (unpaired) electrons. The minimum Gasteiger partial charge on any atom is -0.494 e. The molecular weight excluding hydrogens is 426 g/mol. The van der Waals surface area contributed by atoms with Crippen LogP contribution in [0, 0.1) is 0 Å². The van der Waals surface area contributed by atoms with E-state index < -0.39 is 27.9 Å². The third kappa shape index (κ3) is 6.41. The number of hydrogen-bond acceptors (Lipinski definition) is 7. The standard InChI is InChI=1S/C20H25N3O7S/c1-5-29-16-8-10-17(11-9-16)30-14(2)19(24)21-22-20(25)15-6-12-18(13-7-15)31(26,27)23(3)28-4/h6-14H,5H2,1-4H3,(H,21,24)(H,22,25). The fraction of sp³-hybridized carbons (Fsp3) is 0.300. The van der Waals surface area contributed by atoms with Crippen LogP contribution in [-0.4, -0.2) is 51.6 Å². The number of hydroxylamine groups is 1. The van der Waals surface area contributed by atoms with Gasteiger partial charge in [0.15, 0.2) is 6.10 Å². The Balaban J connectivity index is 1.90.